The minimum Gasteiger partial charge on any atom is -0.495 e. The third kappa shape index (κ3) is 3.42. The van der Waals surface area contributed by atoms with Gasteiger partial charge in [-0.1, -0.05) is 48.2 Å². The van der Waals surface area contributed by atoms with E-state index in [1.807, 2.05) is 12.1 Å². The molecule has 5 nitrogen and oxygen atoms in total. The second-order valence-corrected chi connectivity index (χ2v) is 6.79. The second kappa shape index (κ2) is 7.08. The molecule has 1 heterocycles. The molecule has 126 valence electrons. The van der Waals surface area contributed by atoms with Crippen LogP contribution in [0.5, 0.6) is 5.75 Å². The van der Waals surface area contributed by atoms with Crippen LogP contribution in [-0.2, 0) is 4.79 Å². The number of ether oxygens (including phenoxy) is 1. The molecule has 0 bridgehead atoms. The van der Waals surface area contributed by atoms with Crippen LogP contribution in [0.25, 0.3) is 6.08 Å². The monoisotopic (exact) mass is 371 g/mol. The average Bonchev–Trinajstić information content (AvgIpc) is 2.89. The molecule has 1 saturated heterocycles. The maximum absolute atomic E-state index is 12.8. The lowest BCUT2D eigenvalue weighted by Gasteiger charge is -2.17. The van der Waals surface area contributed by atoms with Crippen molar-refractivity contribution in [2.24, 2.45) is 0 Å². The number of carbonyl (C=O) groups excluding carboxylic acids is 1. The molecule has 0 aliphatic carbocycles. The summed E-state index contributed by atoms with van der Waals surface area (Å²) in [7, 11) is 1.54. The Morgan fingerprint density at radius 1 is 1.20 bits per heavy atom. The van der Waals surface area contributed by atoms with Crippen molar-refractivity contribution in [3.8, 4) is 5.75 Å². The summed E-state index contributed by atoms with van der Waals surface area (Å²) in [6.07, 6.45) is 1.69. The minimum absolute atomic E-state index is 0.193. The number of nitrogens with zero attached hydrogens (tertiary/aromatic N) is 1. The lowest BCUT2D eigenvalue weighted by atomic mass is 10.1. The Morgan fingerprint density at radius 3 is 2.52 bits per heavy atom. The molecule has 1 amide bonds. The van der Waals surface area contributed by atoms with Crippen molar-refractivity contribution < 1.29 is 19.4 Å². The number of hydrogen-bond donors (Lipinski definition) is 1. The van der Waals surface area contributed by atoms with Gasteiger partial charge in [-0.05, 0) is 35.9 Å². The number of thioether (sulfide) groups is 1. The van der Waals surface area contributed by atoms with Gasteiger partial charge in [0.05, 0.1) is 23.3 Å². The molecule has 0 atom stereocenters. The molecule has 25 heavy (non-hydrogen) atoms. The molecular formula is C18H13NO4S2. The molecular weight excluding hydrogens is 358 g/mol. The zero-order valence-electron chi connectivity index (χ0n) is 13.1. The van der Waals surface area contributed by atoms with E-state index in [0.717, 1.165) is 5.56 Å². The van der Waals surface area contributed by atoms with Crippen molar-refractivity contribution in [3.63, 3.8) is 0 Å². The van der Waals surface area contributed by atoms with Crippen LogP contribution in [-0.4, -0.2) is 28.4 Å². The van der Waals surface area contributed by atoms with Crippen molar-refractivity contribution in [1.29, 1.82) is 0 Å². The molecule has 1 aliphatic rings. The lowest BCUT2D eigenvalue weighted by molar-refractivity contribution is -0.113. The number of rotatable bonds is 4. The molecule has 1 fully saturated rings. The Kier molecular flexibility index (Phi) is 4.87. The maximum Gasteiger partial charge on any atom is 0.335 e. The fourth-order valence-electron chi connectivity index (χ4n) is 2.36. The van der Waals surface area contributed by atoms with Crippen LogP contribution in [0.15, 0.2) is 53.4 Å². The van der Waals surface area contributed by atoms with Crippen molar-refractivity contribution in [2.45, 2.75) is 0 Å². The number of aromatic carboxylic acids is 1. The fraction of sp³-hybridized carbons (Fsp3) is 0.0556. The van der Waals surface area contributed by atoms with E-state index in [9.17, 15) is 9.59 Å². The molecule has 2 aromatic rings. The summed E-state index contributed by atoms with van der Waals surface area (Å²) in [5.41, 5.74) is 1.52. The van der Waals surface area contributed by atoms with Gasteiger partial charge in [0.1, 0.15) is 5.75 Å². The average molecular weight is 371 g/mol. The number of benzene rings is 2. The standard InChI is InChI=1S/C18H13NO4S2/c1-23-14-5-3-2-4-13(14)19-16(20)15(25-18(19)24)10-11-6-8-12(9-7-11)17(21)22/h2-10H,1H3,(H,21,22). The van der Waals surface area contributed by atoms with E-state index in [4.69, 9.17) is 22.1 Å². The molecule has 0 spiro atoms. The molecule has 7 heteroatoms. The number of para-hydroxylation sites is 2. The van der Waals surface area contributed by atoms with Crippen LogP contribution in [0, 0.1) is 0 Å². The van der Waals surface area contributed by atoms with E-state index in [1.165, 1.54) is 35.9 Å². The molecule has 0 radical (unpaired) electrons. The number of amides is 1. The molecule has 0 aromatic heterocycles. The van der Waals surface area contributed by atoms with Gasteiger partial charge in [0.2, 0.25) is 0 Å². The Morgan fingerprint density at radius 2 is 1.88 bits per heavy atom. The molecule has 0 saturated carbocycles. The van der Waals surface area contributed by atoms with Gasteiger partial charge >= 0.3 is 5.97 Å². The van der Waals surface area contributed by atoms with Crippen molar-refractivity contribution in [2.75, 3.05) is 12.0 Å². The Labute approximate surface area is 153 Å². The first-order valence-corrected chi connectivity index (χ1v) is 8.48. The summed E-state index contributed by atoms with van der Waals surface area (Å²) in [5.74, 6) is -0.665. The summed E-state index contributed by atoms with van der Waals surface area (Å²) in [6.45, 7) is 0. The number of carboxylic acid groups (broad SMARTS) is 1. The smallest absolute Gasteiger partial charge is 0.335 e. The predicted molar refractivity (Wildman–Crippen MR) is 102 cm³/mol. The first kappa shape index (κ1) is 17.2. The Hall–Kier alpha value is -2.64. The van der Waals surface area contributed by atoms with Crippen LogP contribution in [0.4, 0.5) is 5.69 Å². The van der Waals surface area contributed by atoms with E-state index < -0.39 is 5.97 Å². The van der Waals surface area contributed by atoms with Crippen LogP contribution in [0.2, 0.25) is 0 Å². The summed E-state index contributed by atoms with van der Waals surface area (Å²) in [4.78, 5) is 25.6. The number of carbonyl (C=O) groups is 2. The highest BCUT2D eigenvalue weighted by Gasteiger charge is 2.34. The molecule has 2 aromatic carbocycles. The van der Waals surface area contributed by atoms with Gasteiger partial charge < -0.3 is 9.84 Å². The van der Waals surface area contributed by atoms with E-state index >= 15 is 0 Å². The van der Waals surface area contributed by atoms with Crippen molar-refractivity contribution >= 4 is 51.9 Å². The third-order valence-electron chi connectivity index (χ3n) is 3.58. The number of thiocarbonyl (C=S) groups is 1. The molecule has 3 rings (SSSR count). The van der Waals surface area contributed by atoms with Crippen LogP contribution in [0.1, 0.15) is 15.9 Å². The zero-order valence-corrected chi connectivity index (χ0v) is 14.8. The summed E-state index contributed by atoms with van der Waals surface area (Å²) in [6, 6.07) is 13.5. The first-order valence-electron chi connectivity index (χ1n) is 7.25. The maximum atomic E-state index is 12.8. The van der Waals surface area contributed by atoms with Gasteiger partial charge in [-0.2, -0.15) is 0 Å². The van der Waals surface area contributed by atoms with E-state index in [-0.39, 0.29) is 11.5 Å². The van der Waals surface area contributed by atoms with Crippen LogP contribution in [0.3, 0.4) is 0 Å². The largest absolute Gasteiger partial charge is 0.495 e. The van der Waals surface area contributed by atoms with Gasteiger partial charge in [-0.3, -0.25) is 9.69 Å². The van der Waals surface area contributed by atoms with Crippen LogP contribution >= 0.6 is 24.0 Å². The van der Waals surface area contributed by atoms with Gasteiger partial charge in [-0.15, -0.1) is 0 Å². The highest BCUT2D eigenvalue weighted by molar-refractivity contribution is 8.27. The second-order valence-electron chi connectivity index (χ2n) is 5.12. The number of hydrogen-bond acceptors (Lipinski definition) is 5. The van der Waals surface area contributed by atoms with Gasteiger partial charge in [0.25, 0.3) is 5.91 Å². The highest BCUT2D eigenvalue weighted by Crippen LogP contribution is 2.39. The topological polar surface area (TPSA) is 66.8 Å². The zero-order chi connectivity index (χ0) is 18.0. The number of methoxy groups -OCH3 is 1. The lowest BCUT2D eigenvalue weighted by Crippen LogP contribution is -2.27. The summed E-state index contributed by atoms with van der Waals surface area (Å²) < 4.78 is 5.73. The fourth-order valence-corrected chi connectivity index (χ4v) is 3.65. The molecule has 1 aliphatic heterocycles. The van der Waals surface area contributed by atoms with E-state index in [2.05, 4.69) is 0 Å². The third-order valence-corrected chi connectivity index (χ3v) is 4.88. The molecule has 1 N–H and O–H groups in total. The predicted octanol–water partition coefficient (Wildman–Crippen LogP) is 3.80. The number of anilines is 1. The molecule has 0 unspecified atom stereocenters. The highest BCUT2D eigenvalue weighted by atomic mass is 32.2. The van der Waals surface area contributed by atoms with Gasteiger partial charge in [0, 0.05) is 0 Å². The Balaban J connectivity index is 1.92. The number of carboxylic acids is 1. The quantitative estimate of drug-likeness (QED) is 0.651. The summed E-state index contributed by atoms with van der Waals surface area (Å²) in [5, 5.41) is 8.94. The van der Waals surface area contributed by atoms with E-state index in [0.29, 0.717) is 20.7 Å². The SMILES string of the molecule is COc1ccccc1N1C(=O)C(=Cc2ccc(C(=O)O)cc2)SC1=S. The summed E-state index contributed by atoms with van der Waals surface area (Å²) >= 11 is 6.55. The minimum atomic E-state index is -0.992. The first-order chi connectivity index (χ1) is 12.0. The van der Waals surface area contributed by atoms with Gasteiger partial charge in [-0.25, -0.2) is 4.79 Å². The van der Waals surface area contributed by atoms with Crippen molar-refractivity contribution in [3.05, 3.63) is 64.6 Å². The van der Waals surface area contributed by atoms with E-state index in [1.54, 1.807) is 30.3 Å². The normalized spacial score (nSPS) is 15.7. The van der Waals surface area contributed by atoms with Gasteiger partial charge in [0.15, 0.2) is 4.32 Å². The van der Waals surface area contributed by atoms with Crippen molar-refractivity contribution in [1.82, 2.24) is 0 Å². The van der Waals surface area contributed by atoms with Crippen LogP contribution < -0.4 is 9.64 Å². The Bertz CT molecular complexity index is 890.